The van der Waals surface area contributed by atoms with Gasteiger partial charge < -0.3 is 9.30 Å². The number of benzene rings is 1. The largest absolute Gasteiger partial charge is 0.368 e. The fourth-order valence-corrected chi connectivity index (χ4v) is 3.82. The van der Waals surface area contributed by atoms with Crippen LogP contribution < -0.4 is 0 Å². The first-order valence-corrected chi connectivity index (χ1v) is 8.20. The molecule has 1 aromatic heterocycles. The normalized spacial score (nSPS) is 25.3. The van der Waals surface area contributed by atoms with Gasteiger partial charge in [-0.15, -0.1) is 10.2 Å². The molecule has 1 fully saturated rings. The first-order valence-electron chi connectivity index (χ1n) is 8.20. The lowest BCUT2D eigenvalue weighted by Crippen LogP contribution is -2.42. The van der Waals surface area contributed by atoms with E-state index in [1.54, 1.807) is 18.5 Å². The van der Waals surface area contributed by atoms with Crippen molar-refractivity contribution in [2.45, 2.75) is 31.4 Å². The third-order valence-electron chi connectivity index (χ3n) is 4.96. The predicted octanol–water partition coefficient (Wildman–Crippen LogP) is 2.41. The average Bonchev–Trinajstić information content (AvgIpc) is 3.00. The van der Waals surface area contributed by atoms with Gasteiger partial charge in [0.05, 0.1) is 6.61 Å². The number of aromatic nitrogens is 3. The smallest absolute Gasteiger partial charge is 0.163 e. The summed E-state index contributed by atoms with van der Waals surface area (Å²) < 4.78 is 21.5. The molecule has 1 aliphatic carbocycles. The van der Waals surface area contributed by atoms with Crippen LogP contribution in [0.15, 0.2) is 24.5 Å². The van der Waals surface area contributed by atoms with Crippen LogP contribution in [0, 0.1) is 5.82 Å². The molecule has 2 heterocycles. The Hall–Kier alpha value is -1.79. The topological polar surface area (TPSA) is 43.2 Å². The van der Waals surface area contributed by atoms with Crippen LogP contribution in [-0.4, -0.2) is 39.4 Å². The molecule has 0 bridgehead atoms. The lowest BCUT2D eigenvalue weighted by molar-refractivity contribution is -0.0530. The highest BCUT2D eigenvalue weighted by Crippen LogP contribution is 2.37. The summed E-state index contributed by atoms with van der Waals surface area (Å²) in [5, 5.41) is 8.13. The minimum atomic E-state index is -0.145. The van der Waals surface area contributed by atoms with Crippen LogP contribution in [-0.2, 0) is 18.2 Å². The van der Waals surface area contributed by atoms with Crippen LogP contribution in [0.25, 0.3) is 0 Å². The molecule has 1 aromatic carbocycles. The number of aryl methyl sites for hydroxylation is 2. The predicted molar refractivity (Wildman–Crippen MR) is 83.3 cm³/mol. The van der Waals surface area contributed by atoms with Crippen LogP contribution >= 0.6 is 0 Å². The van der Waals surface area contributed by atoms with Crippen molar-refractivity contribution < 1.29 is 9.13 Å². The quantitative estimate of drug-likeness (QED) is 0.853. The van der Waals surface area contributed by atoms with E-state index in [0.29, 0.717) is 6.61 Å². The molecule has 23 heavy (non-hydrogen) atoms. The molecule has 0 amide bonds. The maximum Gasteiger partial charge on any atom is 0.163 e. The maximum absolute atomic E-state index is 13.7. The van der Waals surface area contributed by atoms with E-state index in [1.807, 2.05) is 17.7 Å². The van der Waals surface area contributed by atoms with Gasteiger partial charge in [-0.3, -0.25) is 4.90 Å². The molecule has 0 N–H and O–H groups in total. The van der Waals surface area contributed by atoms with Gasteiger partial charge in [-0.25, -0.2) is 4.39 Å². The van der Waals surface area contributed by atoms with Gasteiger partial charge in [0.2, 0.25) is 0 Å². The molecule has 0 saturated carbocycles. The molecule has 2 aliphatic rings. The van der Waals surface area contributed by atoms with Crippen molar-refractivity contribution in [2.24, 2.45) is 7.05 Å². The Balaban J connectivity index is 1.59. The number of nitrogens with zero attached hydrogens (tertiary/aromatic N) is 4. The zero-order valence-corrected chi connectivity index (χ0v) is 13.3. The monoisotopic (exact) mass is 316 g/mol. The highest BCUT2D eigenvalue weighted by atomic mass is 19.1. The Kier molecular flexibility index (Phi) is 3.87. The van der Waals surface area contributed by atoms with Crippen molar-refractivity contribution in [3.63, 3.8) is 0 Å². The summed E-state index contributed by atoms with van der Waals surface area (Å²) in [6, 6.07) is 5.50. The Morgan fingerprint density at radius 1 is 1.35 bits per heavy atom. The zero-order valence-electron chi connectivity index (χ0n) is 13.3. The first kappa shape index (κ1) is 14.8. The van der Waals surface area contributed by atoms with Gasteiger partial charge in [0.25, 0.3) is 0 Å². The van der Waals surface area contributed by atoms with Crippen LogP contribution in [0.5, 0.6) is 0 Å². The Morgan fingerprint density at radius 2 is 2.26 bits per heavy atom. The Bertz CT molecular complexity index is 702. The second kappa shape index (κ2) is 6.02. The number of ether oxygens (including phenoxy) is 1. The number of hydrogen-bond donors (Lipinski definition) is 0. The minimum Gasteiger partial charge on any atom is -0.368 e. The van der Waals surface area contributed by atoms with Gasteiger partial charge in [-0.1, -0.05) is 6.07 Å². The van der Waals surface area contributed by atoms with Gasteiger partial charge in [0.1, 0.15) is 18.2 Å². The summed E-state index contributed by atoms with van der Waals surface area (Å²) >= 11 is 0. The molecule has 122 valence electrons. The number of hydrogen-bond acceptors (Lipinski definition) is 4. The number of fused-ring (bicyclic) bond motifs is 1. The average molecular weight is 316 g/mol. The fraction of sp³-hybridized carbons (Fsp3) is 0.529. The van der Waals surface area contributed by atoms with Gasteiger partial charge in [-0.05, 0) is 42.5 Å². The lowest BCUT2D eigenvalue weighted by atomic mass is 9.86. The van der Waals surface area contributed by atoms with Gasteiger partial charge in [0.15, 0.2) is 5.82 Å². The Morgan fingerprint density at radius 3 is 3.09 bits per heavy atom. The summed E-state index contributed by atoms with van der Waals surface area (Å²) in [7, 11) is 1.93. The van der Waals surface area contributed by atoms with E-state index < -0.39 is 0 Å². The van der Waals surface area contributed by atoms with Crippen molar-refractivity contribution >= 4 is 0 Å². The van der Waals surface area contributed by atoms with E-state index in [-0.39, 0.29) is 18.0 Å². The molecule has 5 nitrogen and oxygen atoms in total. The first-order chi connectivity index (χ1) is 11.2. The third-order valence-corrected chi connectivity index (χ3v) is 4.96. The summed E-state index contributed by atoms with van der Waals surface area (Å²) in [5.41, 5.74) is 2.43. The molecule has 0 spiro atoms. The second-order valence-electron chi connectivity index (χ2n) is 6.41. The van der Waals surface area contributed by atoms with Gasteiger partial charge in [-0.2, -0.15) is 0 Å². The van der Waals surface area contributed by atoms with E-state index in [1.165, 1.54) is 5.56 Å². The molecule has 2 atom stereocenters. The van der Waals surface area contributed by atoms with Crippen molar-refractivity contribution in [3.8, 4) is 0 Å². The summed E-state index contributed by atoms with van der Waals surface area (Å²) in [5.74, 6) is 0.707. The summed E-state index contributed by atoms with van der Waals surface area (Å²) in [4.78, 5) is 2.42. The molecular weight excluding hydrogens is 295 g/mol. The second-order valence-corrected chi connectivity index (χ2v) is 6.41. The van der Waals surface area contributed by atoms with Gasteiger partial charge >= 0.3 is 0 Å². The molecule has 2 aromatic rings. The van der Waals surface area contributed by atoms with Crippen LogP contribution in [0.1, 0.15) is 41.9 Å². The molecule has 0 radical (unpaired) electrons. The van der Waals surface area contributed by atoms with Crippen LogP contribution in [0.3, 0.4) is 0 Å². The minimum absolute atomic E-state index is 0.0739. The maximum atomic E-state index is 13.7. The number of morpholine rings is 1. The highest BCUT2D eigenvalue weighted by molar-refractivity contribution is 5.33. The van der Waals surface area contributed by atoms with Crippen LogP contribution in [0.2, 0.25) is 0 Å². The summed E-state index contributed by atoms with van der Waals surface area (Å²) in [6.07, 6.45) is 4.89. The van der Waals surface area contributed by atoms with Crippen molar-refractivity contribution in [1.29, 1.82) is 0 Å². The van der Waals surface area contributed by atoms with Crippen molar-refractivity contribution in [2.75, 3.05) is 19.7 Å². The number of halogens is 1. The summed E-state index contributed by atoms with van der Waals surface area (Å²) in [6.45, 7) is 2.31. The van der Waals surface area contributed by atoms with E-state index in [4.69, 9.17) is 4.74 Å². The SMILES string of the molecule is Cn1cnnc1C1CN(C2CCCc3ccc(F)cc32)CCO1. The van der Waals surface area contributed by atoms with E-state index in [2.05, 4.69) is 15.1 Å². The fourth-order valence-electron chi connectivity index (χ4n) is 3.82. The molecular formula is C17H21FN4O. The van der Waals surface area contributed by atoms with E-state index in [9.17, 15) is 4.39 Å². The molecule has 4 rings (SSSR count). The Labute approximate surface area is 135 Å². The standard InChI is InChI=1S/C17H21FN4O/c1-21-11-19-20-17(21)16-10-22(7-8-23-16)15-4-2-3-12-5-6-13(18)9-14(12)15/h5-6,9,11,15-16H,2-4,7-8,10H2,1H3. The van der Waals surface area contributed by atoms with E-state index >= 15 is 0 Å². The molecule has 1 saturated heterocycles. The van der Waals surface area contributed by atoms with E-state index in [0.717, 1.165) is 43.7 Å². The number of rotatable bonds is 2. The molecule has 1 aliphatic heterocycles. The van der Waals surface area contributed by atoms with Crippen molar-refractivity contribution in [3.05, 3.63) is 47.3 Å². The highest BCUT2D eigenvalue weighted by Gasteiger charge is 2.32. The zero-order chi connectivity index (χ0) is 15.8. The molecule has 2 unspecified atom stereocenters. The van der Waals surface area contributed by atoms with Crippen molar-refractivity contribution in [1.82, 2.24) is 19.7 Å². The molecule has 6 heteroatoms. The van der Waals surface area contributed by atoms with Gasteiger partial charge in [0, 0.05) is 26.2 Å². The lowest BCUT2D eigenvalue weighted by Gasteiger charge is -2.40. The third kappa shape index (κ3) is 2.77. The van der Waals surface area contributed by atoms with Crippen LogP contribution in [0.4, 0.5) is 4.39 Å².